The third-order valence-electron chi connectivity index (χ3n) is 8.86. The predicted molar refractivity (Wildman–Crippen MR) is 160 cm³/mol. The van der Waals surface area contributed by atoms with Gasteiger partial charge in [0.15, 0.2) is 18.7 Å². The maximum absolute atomic E-state index is 12.4. The van der Waals surface area contributed by atoms with Gasteiger partial charge in [0.05, 0.1) is 44.7 Å². The Morgan fingerprint density at radius 2 is 1.59 bits per heavy atom. The van der Waals surface area contributed by atoms with Gasteiger partial charge in [-0.1, -0.05) is 18.2 Å². The van der Waals surface area contributed by atoms with Gasteiger partial charge in [-0.15, -0.1) is 0 Å². The molecule has 4 aliphatic rings. The summed E-state index contributed by atoms with van der Waals surface area (Å²) in [6, 6.07) is 5.91. The Morgan fingerprint density at radius 1 is 0.898 bits per heavy atom. The number of methoxy groups -OCH3 is 1. The summed E-state index contributed by atoms with van der Waals surface area (Å²) in [4.78, 5) is 24.7. The Morgan fingerprint density at radius 3 is 2.27 bits per heavy atom. The molecule has 13 atom stereocenters. The third kappa shape index (κ3) is 7.97. The Balaban J connectivity index is 1.20. The molecule has 0 bridgehead atoms. The minimum atomic E-state index is -1.82. The molecular formula is C32H40O17. The average Bonchev–Trinajstić information content (AvgIpc) is 3.55. The van der Waals surface area contributed by atoms with Gasteiger partial charge in [-0.05, 0) is 35.8 Å². The van der Waals surface area contributed by atoms with Crippen molar-refractivity contribution < 1.29 is 83.6 Å². The molecule has 1 aromatic rings. The number of hydrogen-bond acceptors (Lipinski definition) is 17. The van der Waals surface area contributed by atoms with Crippen molar-refractivity contribution in [3.8, 4) is 5.75 Å². The van der Waals surface area contributed by atoms with Crippen LogP contribution in [0.25, 0.3) is 6.08 Å². The van der Waals surface area contributed by atoms with Gasteiger partial charge >= 0.3 is 11.9 Å². The van der Waals surface area contributed by atoms with E-state index in [4.69, 9.17) is 33.2 Å². The summed E-state index contributed by atoms with van der Waals surface area (Å²) >= 11 is 0. The second-order valence-electron chi connectivity index (χ2n) is 11.9. The standard InChI is InChI=1S/C32H40O17/c1-43-29(42)18-12-44-30(22-15(10-33)5-8-17(18)22)49-32-26(40)24(38)23(37)20(47-32)13-45-31-27(41)25(39)28(19(11-34)46-31)48-21(36)9-4-14-2-6-16(35)7-3-14/h2-7,9,12,17,19-20,22-28,30-35,37-41H,8,10-11,13H2,1H3. The molecule has 0 saturated carbocycles. The summed E-state index contributed by atoms with van der Waals surface area (Å²) in [5.41, 5.74) is 1.29. The van der Waals surface area contributed by atoms with Crippen molar-refractivity contribution in [1.82, 2.24) is 0 Å². The first-order chi connectivity index (χ1) is 23.5. The Kier molecular flexibility index (Phi) is 12.1. The molecule has 0 spiro atoms. The van der Waals surface area contributed by atoms with Gasteiger partial charge in [-0.2, -0.15) is 0 Å². The van der Waals surface area contributed by atoms with E-state index in [1.54, 1.807) is 18.2 Å². The first-order valence-electron chi connectivity index (χ1n) is 15.5. The van der Waals surface area contributed by atoms with E-state index in [9.17, 15) is 50.4 Å². The van der Waals surface area contributed by atoms with Crippen LogP contribution >= 0.6 is 0 Å². The highest BCUT2D eigenvalue weighted by atomic mass is 16.8. The predicted octanol–water partition coefficient (Wildman–Crippen LogP) is -2.43. The molecule has 0 radical (unpaired) electrons. The number of benzene rings is 1. The van der Waals surface area contributed by atoms with Gasteiger partial charge in [0.25, 0.3) is 0 Å². The lowest BCUT2D eigenvalue weighted by molar-refractivity contribution is -0.352. The molecule has 0 amide bonds. The molecule has 5 rings (SSSR count). The van der Waals surface area contributed by atoms with Crippen molar-refractivity contribution in [2.75, 3.05) is 26.9 Å². The molecule has 3 heterocycles. The highest BCUT2D eigenvalue weighted by Gasteiger charge is 2.51. The fourth-order valence-corrected chi connectivity index (χ4v) is 6.17. The van der Waals surface area contributed by atoms with Crippen molar-refractivity contribution in [2.24, 2.45) is 11.8 Å². The summed E-state index contributed by atoms with van der Waals surface area (Å²) in [6.07, 6.45) is -11.9. The molecule has 2 saturated heterocycles. The number of fused-ring (bicyclic) bond motifs is 1. The molecule has 1 aromatic carbocycles. The lowest BCUT2D eigenvalue weighted by atomic mass is 9.83. The molecule has 270 valence electrons. The van der Waals surface area contributed by atoms with Crippen LogP contribution in [-0.4, -0.2) is 147 Å². The molecule has 13 unspecified atom stereocenters. The summed E-state index contributed by atoms with van der Waals surface area (Å²) in [6.45, 7) is -1.72. The lowest BCUT2D eigenvalue weighted by Crippen LogP contribution is -2.62. The largest absolute Gasteiger partial charge is 0.508 e. The molecular weight excluding hydrogens is 656 g/mol. The van der Waals surface area contributed by atoms with Gasteiger partial charge in [0.1, 0.15) is 48.5 Å². The number of allylic oxidation sites excluding steroid dienone is 1. The SMILES string of the molecule is COC(=O)C1=COC(OC2OC(COC3OC(CO)C(OC(=O)C=Cc4ccc(O)cc4)C(O)C3O)C(O)C(O)C2O)C2C(CO)=CCC12. The zero-order valence-corrected chi connectivity index (χ0v) is 26.2. The van der Waals surface area contributed by atoms with Crippen molar-refractivity contribution >= 4 is 18.0 Å². The molecule has 17 heteroatoms. The summed E-state index contributed by atoms with van der Waals surface area (Å²) in [5, 5.41) is 82.6. The summed E-state index contributed by atoms with van der Waals surface area (Å²) < 4.78 is 38.4. The van der Waals surface area contributed by atoms with Crippen LogP contribution in [0.15, 0.2) is 53.8 Å². The molecule has 49 heavy (non-hydrogen) atoms. The molecule has 2 fully saturated rings. The first kappa shape index (κ1) is 36.8. The Bertz CT molecular complexity index is 1390. The molecule has 1 aliphatic carbocycles. The number of phenols is 1. The van der Waals surface area contributed by atoms with Crippen molar-refractivity contribution in [3.05, 3.63) is 59.4 Å². The van der Waals surface area contributed by atoms with E-state index in [1.807, 2.05) is 0 Å². The number of aromatic hydroxyl groups is 1. The fraction of sp³-hybridized carbons (Fsp3) is 0.562. The van der Waals surface area contributed by atoms with Crippen LogP contribution in [0.4, 0.5) is 0 Å². The number of aliphatic hydroxyl groups excluding tert-OH is 7. The van der Waals surface area contributed by atoms with E-state index in [1.165, 1.54) is 25.3 Å². The van der Waals surface area contributed by atoms with E-state index < -0.39 is 105 Å². The number of rotatable bonds is 11. The first-order valence-corrected chi connectivity index (χ1v) is 15.5. The Labute approximate surface area is 279 Å². The number of carbonyl (C=O) groups excluding carboxylic acids is 2. The van der Waals surface area contributed by atoms with Crippen molar-refractivity contribution in [3.63, 3.8) is 0 Å². The molecule has 0 aromatic heterocycles. The maximum atomic E-state index is 12.4. The van der Waals surface area contributed by atoms with Crippen LogP contribution < -0.4 is 0 Å². The number of phenolic OH excluding ortho intramolecular Hbond substituents is 1. The highest BCUT2D eigenvalue weighted by molar-refractivity contribution is 5.89. The number of esters is 2. The highest BCUT2D eigenvalue weighted by Crippen LogP contribution is 2.44. The van der Waals surface area contributed by atoms with E-state index in [-0.39, 0.29) is 17.9 Å². The van der Waals surface area contributed by atoms with E-state index in [0.29, 0.717) is 17.6 Å². The number of ether oxygens (including phenoxy) is 7. The second kappa shape index (κ2) is 16.0. The van der Waals surface area contributed by atoms with Crippen LogP contribution in [0.3, 0.4) is 0 Å². The van der Waals surface area contributed by atoms with Gasteiger partial charge in [-0.3, -0.25) is 0 Å². The van der Waals surface area contributed by atoms with Crippen molar-refractivity contribution in [2.45, 2.75) is 74.1 Å². The number of carbonyl (C=O) groups is 2. The molecule has 3 aliphatic heterocycles. The maximum Gasteiger partial charge on any atom is 0.337 e. The number of hydrogen-bond donors (Lipinski definition) is 8. The van der Waals surface area contributed by atoms with Crippen molar-refractivity contribution in [1.29, 1.82) is 0 Å². The lowest BCUT2D eigenvalue weighted by Gasteiger charge is -2.44. The molecule has 8 N–H and O–H groups in total. The van der Waals surface area contributed by atoms with Crippen LogP contribution in [0.2, 0.25) is 0 Å². The summed E-state index contributed by atoms with van der Waals surface area (Å²) in [5.74, 6) is -2.67. The summed E-state index contributed by atoms with van der Waals surface area (Å²) in [7, 11) is 1.22. The normalized spacial score (nSPS) is 37.5. The third-order valence-corrected chi connectivity index (χ3v) is 8.86. The average molecular weight is 697 g/mol. The quantitative estimate of drug-likeness (QED) is 0.0679. The minimum Gasteiger partial charge on any atom is -0.508 e. The Hall–Kier alpha value is -3.46. The minimum absolute atomic E-state index is 0.0330. The van der Waals surface area contributed by atoms with Gasteiger partial charge in [0.2, 0.25) is 6.29 Å². The topological polar surface area (TPSA) is 261 Å². The number of aliphatic hydroxyl groups is 7. The van der Waals surface area contributed by atoms with E-state index in [2.05, 4.69) is 0 Å². The van der Waals surface area contributed by atoms with Crippen LogP contribution in [0, 0.1) is 11.8 Å². The smallest absolute Gasteiger partial charge is 0.337 e. The zero-order valence-electron chi connectivity index (χ0n) is 26.2. The van der Waals surface area contributed by atoms with E-state index >= 15 is 0 Å². The monoisotopic (exact) mass is 696 g/mol. The zero-order chi connectivity index (χ0) is 35.4. The van der Waals surface area contributed by atoms with Crippen LogP contribution in [-0.2, 0) is 42.7 Å². The van der Waals surface area contributed by atoms with Gasteiger partial charge in [0, 0.05) is 12.0 Å². The van der Waals surface area contributed by atoms with Crippen LogP contribution in [0.1, 0.15) is 12.0 Å². The van der Waals surface area contributed by atoms with Crippen LogP contribution in [0.5, 0.6) is 5.75 Å². The fourth-order valence-electron chi connectivity index (χ4n) is 6.17. The van der Waals surface area contributed by atoms with E-state index in [0.717, 1.165) is 12.3 Å². The van der Waals surface area contributed by atoms with Gasteiger partial charge in [-0.25, -0.2) is 9.59 Å². The second-order valence-corrected chi connectivity index (χ2v) is 11.9. The van der Waals surface area contributed by atoms with Gasteiger partial charge < -0.3 is 74.0 Å². The molecule has 17 nitrogen and oxygen atoms in total.